The molecule has 100 valence electrons. The first-order valence-corrected chi connectivity index (χ1v) is 6.56. The quantitative estimate of drug-likeness (QED) is 0.809. The van der Waals surface area contributed by atoms with Crippen molar-refractivity contribution in [2.45, 2.75) is 19.9 Å². The van der Waals surface area contributed by atoms with Gasteiger partial charge in [-0.15, -0.1) is 11.3 Å². The van der Waals surface area contributed by atoms with Crippen LogP contribution in [0.2, 0.25) is 0 Å². The average molecular weight is 270 g/mol. The Labute approximate surface area is 110 Å². The van der Waals surface area contributed by atoms with E-state index >= 15 is 0 Å². The first-order valence-electron chi connectivity index (χ1n) is 5.68. The van der Waals surface area contributed by atoms with Gasteiger partial charge in [0, 0.05) is 19.0 Å². The number of carbonyl (C=O) groups excluding carboxylic acids is 2. The van der Waals surface area contributed by atoms with Crippen molar-refractivity contribution in [3.8, 4) is 0 Å². The van der Waals surface area contributed by atoms with Gasteiger partial charge in [0.1, 0.15) is 10.7 Å². The number of rotatable bonds is 5. The summed E-state index contributed by atoms with van der Waals surface area (Å²) in [6, 6.07) is -0.190. The van der Waals surface area contributed by atoms with E-state index in [4.69, 9.17) is 5.73 Å². The van der Waals surface area contributed by atoms with Gasteiger partial charge in [0.25, 0.3) is 5.91 Å². The van der Waals surface area contributed by atoms with Gasteiger partial charge in [0.2, 0.25) is 5.91 Å². The molecule has 1 aromatic heterocycles. The number of hydrogen-bond donors (Lipinski definition) is 2. The molecule has 2 amide bonds. The molecule has 0 saturated heterocycles. The minimum absolute atomic E-state index is 0.0255. The molecule has 1 atom stereocenters. The summed E-state index contributed by atoms with van der Waals surface area (Å²) in [5, 5.41) is 5.01. The number of carbonyl (C=O) groups is 2. The van der Waals surface area contributed by atoms with Crippen molar-refractivity contribution in [3.63, 3.8) is 0 Å². The molecule has 18 heavy (non-hydrogen) atoms. The SMILES string of the molecule is CCNC(=O)CN(C)C(=O)c1csc(C(C)N)n1. The van der Waals surface area contributed by atoms with Gasteiger partial charge in [-0.3, -0.25) is 9.59 Å². The molecule has 0 aliphatic heterocycles. The van der Waals surface area contributed by atoms with Crippen molar-refractivity contribution in [3.05, 3.63) is 16.1 Å². The van der Waals surface area contributed by atoms with Gasteiger partial charge < -0.3 is 16.0 Å². The van der Waals surface area contributed by atoms with Crippen molar-refractivity contribution in [2.75, 3.05) is 20.1 Å². The molecule has 7 heteroatoms. The van der Waals surface area contributed by atoms with E-state index in [0.717, 1.165) is 0 Å². The molecule has 0 fully saturated rings. The van der Waals surface area contributed by atoms with Crippen LogP contribution in [0.4, 0.5) is 0 Å². The minimum Gasteiger partial charge on any atom is -0.355 e. The maximum absolute atomic E-state index is 12.0. The van der Waals surface area contributed by atoms with E-state index < -0.39 is 0 Å². The van der Waals surface area contributed by atoms with Gasteiger partial charge in [-0.05, 0) is 13.8 Å². The standard InChI is InChI=1S/C11H18N4O2S/c1-4-13-9(16)5-15(3)11(17)8-6-18-10(14-8)7(2)12/h6-7H,4-5,12H2,1-3H3,(H,13,16). The van der Waals surface area contributed by atoms with Gasteiger partial charge in [-0.1, -0.05) is 0 Å². The van der Waals surface area contributed by atoms with Gasteiger partial charge in [-0.25, -0.2) is 4.98 Å². The average Bonchev–Trinajstić information content (AvgIpc) is 2.77. The highest BCUT2D eigenvalue weighted by atomic mass is 32.1. The third-order valence-electron chi connectivity index (χ3n) is 2.23. The van der Waals surface area contributed by atoms with E-state index in [2.05, 4.69) is 10.3 Å². The summed E-state index contributed by atoms with van der Waals surface area (Å²) in [6.45, 7) is 4.21. The van der Waals surface area contributed by atoms with Crippen LogP contribution in [-0.2, 0) is 4.79 Å². The Hall–Kier alpha value is -1.47. The molecule has 0 bridgehead atoms. The predicted octanol–water partition coefficient (Wildman–Crippen LogP) is 0.371. The number of likely N-dealkylation sites (N-methyl/N-ethyl adjacent to an activating group) is 2. The van der Waals surface area contributed by atoms with E-state index in [1.165, 1.54) is 16.2 Å². The highest BCUT2D eigenvalue weighted by molar-refractivity contribution is 7.09. The Morgan fingerprint density at radius 1 is 1.61 bits per heavy atom. The number of aromatic nitrogens is 1. The fourth-order valence-corrected chi connectivity index (χ4v) is 2.08. The van der Waals surface area contributed by atoms with Gasteiger partial charge in [0.15, 0.2) is 0 Å². The molecule has 1 unspecified atom stereocenters. The lowest BCUT2D eigenvalue weighted by atomic mass is 10.3. The van der Waals surface area contributed by atoms with Crippen LogP contribution in [0, 0.1) is 0 Å². The molecule has 1 heterocycles. The molecule has 0 aromatic carbocycles. The summed E-state index contributed by atoms with van der Waals surface area (Å²) in [5.74, 6) is -0.458. The lowest BCUT2D eigenvalue weighted by molar-refractivity contribution is -0.121. The van der Waals surface area contributed by atoms with E-state index in [0.29, 0.717) is 17.2 Å². The second-order valence-corrected chi connectivity index (χ2v) is 4.86. The van der Waals surface area contributed by atoms with Crippen molar-refractivity contribution in [2.24, 2.45) is 5.73 Å². The van der Waals surface area contributed by atoms with Gasteiger partial charge in [-0.2, -0.15) is 0 Å². The number of nitrogens with one attached hydrogen (secondary N) is 1. The first-order chi connectivity index (χ1) is 8.45. The van der Waals surface area contributed by atoms with E-state index in [1.807, 2.05) is 13.8 Å². The Morgan fingerprint density at radius 3 is 2.78 bits per heavy atom. The van der Waals surface area contributed by atoms with E-state index in [9.17, 15) is 9.59 Å². The number of nitrogens with zero attached hydrogens (tertiary/aromatic N) is 2. The normalized spacial score (nSPS) is 12.0. The van der Waals surface area contributed by atoms with Crippen LogP contribution < -0.4 is 11.1 Å². The molecular formula is C11H18N4O2S. The lowest BCUT2D eigenvalue weighted by Gasteiger charge is -2.15. The second-order valence-electron chi connectivity index (χ2n) is 3.97. The molecule has 0 spiro atoms. The molecule has 3 N–H and O–H groups in total. The van der Waals surface area contributed by atoms with Crippen LogP contribution >= 0.6 is 11.3 Å². The zero-order chi connectivity index (χ0) is 13.7. The Balaban J connectivity index is 2.65. The number of thiazole rings is 1. The summed E-state index contributed by atoms with van der Waals surface area (Å²) in [5.41, 5.74) is 6.01. The molecule has 0 radical (unpaired) electrons. The van der Waals surface area contributed by atoms with Gasteiger partial charge >= 0.3 is 0 Å². The zero-order valence-corrected chi connectivity index (χ0v) is 11.6. The molecule has 1 rings (SSSR count). The number of amides is 2. The number of nitrogens with two attached hydrogens (primary N) is 1. The van der Waals surface area contributed by atoms with Crippen molar-refractivity contribution < 1.29 is 9.59 Å². The second kappa shape index (κ2) is 6.46. The monoisotopic (exact) mass is 270 g/mol. The molecule has 1 aromatic rings. The lowest BCUT2D eigenvalue weighted by Crippen LogP contribution is -2.38. The van der Waals surface area contributed by atoms with E-state index in [1.54, 1.807) is 12.4 Å². The summed E-state index contributed by atoms with van der Waals surface area (Å²) >= 11 is 1.35. The van der Waals surface area contributed by atoms with Crippen LogP contribution in [-0.4, -0.2) is 41.8 Å². The molecule has 0 aliphatic carbocycles. The molecule has 6 nitrogen and oxygen atoms in total. The van der Waals surface area contributed by atoms with Gasteiger partial charge in [0.05, 0.1) is 12.6 Å². The van der Waals surface area contributed by atoms with Crippen LogP contribution in [0.3, 0.4) is 0 Å². The van der Waals surface area contributed by atoms with Crippen LogP contribution in [0.1, 0.15) is 35.4 Å². The first kappa shape index (κ1) is 14.6. The summed E-state index contributed by atoms with van der Waals surface area (Å²) in [6.07, 6.45) is 0. The fraction of sp³-hybridized carbons (Fsp3) is 0.545. The Morgan fingerprint density at radius 2 is 2.28 bits per heavy atom. The summed E-state index contributed by atoms with van der Waals surface area (Å²) in [4.78, 5) is 28.8. The maximum atomic E-state index is 12.0. The minimum atomic E-state index is -0.274. The molecule has 0 aliphatic rings. The van der Waals surface area contributed by atoms with Crippen molar-refractivity contribution in [1.29, 1.82) is 0 Å². The highest BCUT2D eigenvalue weighted by Gasteiger charge is 2.18. The fourth-order valence-electron chi connectivity index (χ4n) is 1.33. The smallest absolute Gasteiger partial charge is 0.273 e. The largest absolute Gasteiger partial charge is 0.355 e. The predicted molar refractivity (Wildman–Crippen MR) is 70.4 cm³/mol. The molecular weight excluding hydrogens is 252 g/mol. The summed E-state index contributed by atoms with van der Waals surface area (Å²) < 4.78 is 0. The van der Waals surface area contributed by atoms with E-state index in [-0.39, 0.29) is 24.4 Å². The number of hydrogen-bond acceptors (Lipinski definition) is 5. The van der Waals surface area contributed by atoms with Crippen LogP contribution in [0.5, 0.6) is 0 Å². The Kier molecular flexibility index (Phi) is 5.24. The van der Waals surface area contributed by atoms with Crippen molar-refractivity contribution in [1.82, 2.24) is 15.2 Å². The summed E-state index contributed by atoms with van der Waals surface area (Å²) in [7, 11) is 1.57. The highest BCUT2D eigenvalue weighted by Crippen LogP contribution is 2.16. The van der Waals surface area contributed by atoms with Crippen LogP contribution in [0.15, 0.2) is 5.38 Å². The molecule has 0 saturated carbocycles. The van der Waals surface area contributed by atoms with Crippen molar-refractivity contribution >= 4 is 23.2 Å². The van der Waals surface area contributed by atoms with Crippen LogP contribution in [0.25, 0.3) is 0 Å². The zero-order valence-electron chi connectivity index (χ0n) is 10.8. The Bertz CT molecular complexity index is 430. The third-order valence-corrected chi connectivity index (χ3v) is 3.28. The topological polar surface area (TPSA) is 88.3 Å². The third kappa shape index (κ3) is 3.78. The maximum Gasteiger partial charge on any atom is 0.273 e.